The van der Waals surface area contributed by atoms with Crippen molar-refractivity contribution in [3.63, 3.8) is 0 Å². The zero-order valence-corrected chi connectivity index (χ0v) is 18.3. The van der Waals surface area contributed by atoms with E-state index in [0.29, 0.717) is 0 Å². The van der Waals surface area contributed by atoms with Crippen LogP contribution >= 0.6 is 7.26 Å². The molecule has 5 heteroatoms. The molecule has 4 aromatic rings. The van der Waals surface area contributed by atoms with Crippen molar-refractivity contribution in [2.45, 2.75) is 31.7 Å². The van der Waals surface area contributed by atoms with Crippen LogP contribution in [0.3, 0.4) is 0 Å². The quantitative estimate of drug-likeness (QED) is 0.449. The number of benzene rings is 3. The first-order chi connectivity index (χ1) is 15.3. The molecule has 0 N–H and O–H groups in total. The SMILES string of the molecule is O=c1onc2n1C(C[P+](c1ccccc1)(c1ccccc1)c1ccccc1)CCCC2. The van der Waals surface area contributed by atoms with Gasteiger partial charge < -0.3 is 0 Å². The first kappa shape index (κ1) is 20.0. The van der Waals surface area contributed by atoms with Crippen LogP contribution in [0.4, 0.5) is 0 Å². The van der Waals surface area contributed by atoms with Gasteiger partial charge in [-0.1, -0.05) is 66.2 Å². The Hall–Kier alpha value is -2.97. The van der Waals surface area contributed by atoms with E-state index in [4.69, 9.17) is 4.52 Å². The summed E-state index contributed by atoms with van der Waals surface area (Å²) in [4.78, 5) is 12.7. The Balaban J connectivity index is 1.75. The molecule has 0 bridgehead atoms. The van der Waals surface area contributed by atoms with Crippen molar-refractivity contribution in [3.05, 3.63) is 107 Å². The average Bonchev–Trinajstić information content (AvgIpc) is 3.08. The molecule has 0 spiro atoms. The minimum atomic E-state index is -2.02. The van der Waals surface area contributed by atoms with Gasteiger partial charge in [0.05, 0.1) is 12.2 Å². The molecule has 156 valence electrons. The van der Waals surface area contributed by atoms with E-state index in [1.807, 2.05) is 4.57 Å². The number of fused-ring (bicyclic) bond motifs is 1. The Morgan fingerprint density at radius 1 is 0.806 bits per heavy atom. The van der Waals surface area contributed by atoms with Crippen LogP contribution in [0.5, 0.6) is 0 Å². The van der Waals surface area contributed by atoms with Crippen molar-refractivity contribution in [3.8, 4) is 0 Å². The van der Waals surface area contributed by atoms with E-state index in [9.17, 15) is 4.79 Å². The van der Waals surface area contributed by atoms with Gasteiger partial charge >= 0.3 is 5.76 Å². The lowest BCUT2D eigenvalue weighted by Crippen LogP contribution is -2.37. The van der Waals surface area contributed by atoms with Gasteiger partial charge in [0.15, 0.2) is 5.82 Å². The molecule has 1 aromatic heterocycles. The van der Waals surface area contributed by atoms with Crippen LogP contribution in [-0.4, -0.2) is 15.9 Å². The van der Waals surface area contributed by atoms with Gasteiger partial charge in [-0.25, -0.2) is 4.79 Å². The minimum Gasteiger partial charge on any atom is -0.296 e. The van der Waals surface area contributed by atoms with Crippen LogP contribution in [-0.2, 0) is 6.42 Å². The van der Waals surface area contributed by atoms with Crippen LogP contribution < -0.4 is 21.7 Å². The molecular weight excluding hydrogens is 403 g/mol. The molecule has 0 saturated heterocycles. The third-order valence-corrected chi connectivity index (χ3v) is 10.8. The normalized spacial score (nSPS) is 16.5. The fraction of sp³-hybridized carbons (Fsp3) is 0.231. The van der Waals surface area contributed by atoms with Gasteiger partial charge in [-0.15, -0.1) is 0 Å². The van der Waals surface area contributed by atoms with Crippen molar-refractivity contribution in [2.75, 3.05) is 6.16 Å². The zero-order valence-electron chi connectivity index (χ0n) is 17.4. The largest absolute Gasteiger partial charge is 0.441 e. The summed E-state index contributed by atoms with van der Waals surface area (Å²) in [5, 5.41) is 8.11. The molecule has 3 aromatic carbocycles. The molecule has 2 heterocycles. The monoisotopic (exact) mass is 429 g/mol. The number of hydrogen-bond donors (Lipinski definition) is 0. The molecule has 0 fully saturated rings. The fourth-order valence-electron chi connectivity index (χ4n) is 4.90. The van der Waals surface area contributed by atoms with E-state index >= 15 is 0 Å². The van der Waals surface area contributed by atoms with Gasteiger partial charge in [-0.05, 0) is 49.2 Å². The van der Waals surface area contributed by atoms with Crippen molar-refractivity contribution in [1.29, 1.82) is 0 Å². The molecule has 0 aliphatic carbocycles. The van der Waals surface area contributed by atoms with Crippen molar-refractivity contribution < 1.29 is 4.52 Å². The maximum atomic E-state index is 12.7. The number of rotatable bonds is 5. The molecule has 0 radical (unpaired) electrons. The highest BCUT2D eigenvalue weighted by molar-refractivity contribution is 7.95. The second-order valence-electron chi connectivity index (χ2n) is 8.13. The molecule has 4 nitrogen and oxygen atoms in total. The van der Waals surface area contributed by atoms with Gasteiger partial charge in [0.2, 0.25) is 0 Å². The molecule has 0 saturated carbocycles. The summed E-state index contributed by atoms with van der Waals surface area (Å²) in [5.41, 5.74) is 0. The van der Waals surface area contributed by atoms with E-state index in [2.05, 4.69) is 96.2 Å². The summed E-state index contributed by atoms with van der Waals surface area (Å²) < 4.78 is 6.95. The molecule has 31 heavy (non-hydrogen) atoms. The van der Waals surface area contributed by atoms with E-state index in [1.54, 1.807) is 0 Å². The summed E-state index contributed by atoms with van der Waals surface area (Å²) in [7, 11) is -2.02. The fourth-order valence-corrected chi connectivity index (χ4v) is 9.45. The lowest BCUT2D eigenvalue weighted by molar-refractivity contribution is 0.359. The topological polar surface area (TPSA) is 48.0 Å². The summed E-state index contributed by atoms with van der Waals surface area (Å²) in [6, 6.07) is 32.5. The molecule has 1 aliphatic rings. The number of nitrogens with zero attached hydrogens (tertiary/aromatic N) is 2. The van der Waals surface area contributed by atoms with Gasteiger partial charge in [-0.2, -0.15) is 0 Å². The highest BCUT2D eigenvalue weighted by atomic mass is 31.2. The average molecular weight is 429 g/mol. The maximum Gasteiger partial charge on any atom is 0.441 e. The first-order valence-corrected chi connectivity index (χ1v) is 12.9. The molecule has 1 aliphatic heterocycles. The van der Waals surface area contributed by atoms with Crippen LogP contribution in [0.2, 0.25) is 0 Å². The third kappa shape index (κ3) is 3.66. The predicted octanol–water partition coefficient (Wildman–Crippen LogP) is 4.10. The second kappa shape index (κ2) is 8.64. The van der Waals surface area contributed by atoms with Crippen molar-refractivity contribution >= 4 is 23.2 Å². The summed E-state index contributed by atoms with van der Waals surface area (Å²) in [6.45, 7) is 0. The first-order valence-electron chi connectivity index (χ1n) is 10.9. The van der Waals surface area contributed by atoms with Crippen LogP contribution in [0.15, 0.2) is 100 Å². The van der Waals surface area contributed by atoms with Gasteiger partial charge in [0.25, 0.3) is 0 Å². The van der Waals surface area contributed by atoms with Crippen molar-refractivity contribution in [1.82, 2.24) is 9.72 Å². The minimum absolute atomic E-state index is 0.0604. The standard InChI is InChI=1S/C26H26N2O2P/c29-26-28-21(12-10-11-19-25(28)27-30-26)20-31(22-13-4-1-5-14-22,23-15-6-2-7-16-23)24-17-8-3-9-18-24/h1-9,13-18,21H,10-12,19-20H2/q+1. The Morgan fingerprint density at radius 3 is 1.84 bits per heavy atom. The molecule has 1 atom stereocenters. The highest BCUT2D eigenvalue weighted by Gasteiger charge is 2.48. The smallest absolute Gasteiger partial charge is 0.296 e. The van der Waals surface area contributed by atoms with Crippen molar-refractivity contribution in [2.24, 2.45) is 0 Å². The lowest BCUT2D eigenvalue weighted by Gasteiger charge is -2.31. The Labute approximate surface area is 182 Å². The summed E-state index contributed by atoms with van der Waals surface area (Å²) in [6.07, 6.45) is 4.76. The van der Waals surface area contributed by atoms with E-state index in [1.165, 1.54) is 15.9 Å². The van der Waals surface area contributed by atoms with Crippen LogP contribution in [0.1, 0.15) is 31.1 Å². The second-order valence-corrected chi connectivity index (χ2v) is 11.7. The van der Waals surface area contributed by atoms with Crippen LogP contribution in [0.25, 0.3) is 0 Å². The lowest BCUT2D eigenvalue weighted by atomic mass is 10.1. The Kier molecular flexibility index (Phi) is 5.57. The summed E-state index contributed by atoms with van der Waals surface area (Å²) >= 11 is 0. The molecule has 5 rings (SSSR count). The van der Waals surface area contributed by atoms with Gasteiger partial charge in [-0.3, -0.25) is 9.09 Å². The number of aryl methyl sites for hydroxylation is 1. The molecule has 0 amide bonds. The Morgan fingerprint density at radius 2 is 1.32 bits per heavy atom. The number of hydrogen-bond acceptors (Lipinski definition) is 3. The Bertz CT molecular complexity index is 1090. The zero-order chi connectivity index (χ0) is 21.1. The highest BCUT2D eigenvalue weighted by Crippen LogP contribution is 2.57. The van der Waals surface area contributed by atoms with Gasteiger partial charge in [0.1, 0.15) is 23.2 Å². The number of aromatic nitrogens is 2. The molecular formula is C26H26N2O2P+. The van der Waals surface area contributed by atoms with E-state index in [-0.39, 0.29) is 11.8 Å². The predicted molar refractivity (Wildman–Crippen MR) is 127 cm³/mol. The summed E-state index contributed by atoms with van der Waals surface area (Å²) in [5.74, 6) is 0.467. The van der Waals surface area contributed by atoms with E-state index in [0.717, 1.165) is 37.7 Å². The molecule has 1 unspecified atom stereocenters. The van der Waals surface area contributed by atoms with Crippen LogP contribution in [0, 0.1) is 0 Å². The third-order valence-electron chi connectivity index (χ3n) is 6.33. The maximum absolute atomic E-state index is 12.7. The van der Waals surface area contributed by atoms with E-state index < -0.39 is 7.26 Å². The van der Waals surface area contributed by atoms with Gasteiger partial charge in [0, 0.05) is 6.42 Å².